The Morgan fingerprint density at radius 2 is 2.03 bits per heavy atom. The van der Waals surface area contributed by atoms with Gasteiger partial charge in [0, 0.05) is 30.9 Å². The van der Waals surface area contributed by atoms with Gasteiger partial charge in [-0.1, -0.05) is 0 Å². The molecule has 0 spiro atoms. The zero-order valence-electron chi connectivity index (χ0n) is 16.7. The molecule has 2 N–H and O–H groups in total. The molecule has 29 heavy (non-hydrogen) atoms. The van der Waals surface area contributed by atoms with Crippen molar-refractivity contribution >= 4 is 11.6 Å². The fourth-order valence-electron chi connectivity index (χ4n) is 3.88. The molecule has 1 aromatic heterocycles. The lowest BCUT2D eigenvalue weighted by atomic mass is 9.99. The lowest BCUT2D eigenvalue weighted by Gasteiger charge is -2.23. The van der Waals surface area contributed by atoms with Crippen molar-refractivity contribution < 1.29 is 14.3 Å². The molecule has 7 nitrogen and oxygen atoms in total. The van der Waals surface area contributed by atoms with E-state index in [-0.39, 0.29) is 11.1 Å². The summed E-state index contributed by atoms with van der Waals surface area (Å²) < 4.78 is 13.0. The number of rotatable bonds is 4. The van der Waals surface area contributed by atoms with Crippen LogP contribution in [0.2, 0.25) is 0 Å². The van der Waals surface area contributed by atoms with Crippen LogP contribution in [0.3, 0.4) is 0 Å². The van der Waals surface area contributed by atoms with Crippen molar-refractivity contribution in [1.82, 2.24) is 9.88 Å². The van der Waals surface area contributed by atoms with Crippen LogP contribution in [-0.4, -0.2) is 36.8 Å². The molecule has 2 aliphatic heterocycles. The zero-order valence-corrected chi connectivity index (χ0v) is 16.7. The van der Waals surface area contributed by atoms with Crippen LogP contribution in [0.5, 0.6) is 11.5 Å². The Morgan fingerprint density at radius 1 is 1.21 bits per heavy atom. The zero-order chi connectivity index (χ0) is 20.2. The number of amides is 1. The smallest absolute Gasteiger partial charge is 0.263 e. The van der Waals surface area contributed by atoms with E-state index in [1.165, 1.54) is 0 Å². The number of ether oxygens (including phenoxy) is 2. The quantitative estimate of drug-likeness (QED) is 0.829. The average molecular weight is 397 g/mol. The summed E-state index contributed by atoms with van der Waals surface area (Å²) in [5.41, 5.74) is 1.18. The maximum atomic E-state index is 13.0. The fraction of sp³-hybridized carbons (Fsp3) is 0.455. The number of nitrogens with one attached hydrogen (secondary N) is 2. The number of aromatic nitrogens is 1. The minimum atomic E-state index is -0.405. The number of aryl methyl sites for hydroxylation is 1. The normalized spacial score (nSPS) is 18.7. The van der Waals surface area contributed by atoms with Crippen molar-refractivity contribution in [1.29, 1.82) is 0 Å². The average Bonchev–Trinajstić information content (AvgIpc) is 2.96. The minimum Gasteiger partial charge on any atom is -0.490 e. The minimum absolute atomic E-state index is 0.184. The summed E-state index contributed by atoms with van der Waals surface area (Å²) in [6.07, 6.45) is 4.81. The molecule has 0 bridgehead atoms. The number of carbonyl (C=O) groups is 1. The summed E-state index contributed by atoms with van der Waals surface area (Å²) >= 11 is 0. The van der Waals surface area contributed by atoms with Gasteiger partial charge in [0.1, 0.15) is 5.56 Å². The van der Waals surface area contributed by atoms with Crippen LogP contribution in [-0.2, 0) is 6.54 Å². The first-order valence-corrected chi connectivity index (χ1v) is 10.2. The molecule has 154 valence electrons. The van der Waals surface area contributed by atoms with Gasteiger partial charge in [0.25, 0.3) is 11.5 Å². The van der Waals surface area contributed by atoms with Crippen LogP contribution < -0.4 is 25.7 Å². The molecule has 0 radical (unpaired) electrons. The number of fused-ring (bicyclic) bond motifs is 1. The van der Waals surface area contributed by atoms with Crippen LogP contribution >= 0.6 is 0 Å². The first-order valence-electron chi connectivity index (χ1n) is 10.2. The molecule has 1 atom stereocenters. The van der Waals surface area contributed by atoms with E-state index in [9.17, 15) is 9.59 Å². The molecule has 1 saturated heterocycles. The highest BCUT2D eigenvalue weighted by atomic mass is 16.5. The monoisotopic (exact) mass is 397 g/mol. The van der Waals surface area contributed by atoms with Gasteiger partial charge in [0.05, 0.1) is 13.2 Å². The van der Waals surface area contributed by atoms with Crippen LogP contribution in [0.1, 0.15) is 35.2 Å². The number of carbonyl (C=O) groups excluding carboxylic acids is 1. The second kappa shape index (κ2) is 8.69. The standard InChI is InChI=1S/C22H27N3O4/c1-15-7-9-25(14-16-4-2-8-23-13-16)22(27)20(15)21(26)24-17-5-6-18-19(12-17)29-11-3-10-28-18/h5-7,9,12,16,23H,2-4,8,10-11,13-14H2,1H3,(H,24,26). The van der Waals surface area contributed by atoms with Crippen LogP contribution in [0.25, 0.3) is 0 Å². The maximum Gasteiger partial charge on any atom is 0.263 e. The summed E-state index contributed by atoms with van der Waals surface area (Å²) in [5.74, 6) is 1.27. The Kier molecular flexibility index (Phi) is 5.85. The predicted octanol–water partition coefficient (Wildman–Crippen LogP) is 2.57. The number of anilines is 1. The summed E-state index contributed by atoms with van der Waals surface area (Å²) in [6.45, 7) is 5.52. The van der Waals surface area contributed by atoms with Gasteiger partial charge < -0.3 is 24.7 Å². The Labute approximate surface area is 170 Å². The fourth-order valence-corrected chi connectivity index (χ4v) is 3.88. The van der Waals surface area contributed by atoms with Crippen LogP contribution in [0.4, 0.5) is 5.69 Å². The van der Waals surface area contributed by atoms with Gasteiger partial charge in [0.2, 0.25) is 0 Å². The molecule has 1 unspecified atom stereocenters. The van der Waals surface area contributed by atoms with Gasteiger partial charge in [-0.2, -0.15) is 0 Å². The van der Waals surface area contributed by atoms with Crippen LogP contribution in [0.15, 0.2) is 35.3 Å². The Bertz CT molecular complexity index is 948. The van der Waals surface area contributed by atoms with Crippen molar-refractivity contribution in [2.24, 2.45) is 5.92 Å². The molecule has 1 aromatic carbocycles. The number of hydrogen-bond donors (Lipinski definition) is 2. The number of benzene rings is 1. The van der Waals surface area contributed by atoms with Gasteiger partial charge in [-0.3, -0.25) is 9.59 Å². The lowest BCUT2D eigenvalue weighted by molar-refractivity contribution is 0.102. The molecule has 1 fully saturated rings. The van der Waals surface area contributed by atoms with Crippen molar-refractivity contribution in [3.05, 3.63) is 51.9 Å². The first-order chi connectivity index (χ1) is 14.1. The summed E-state index contributed by atoms with van der Waals surface area (Å²) in [4.78, 5) is 25.9. The van der Waals surface area contributed by atoms with Gasteiger partial charge in [0.15, 0.2) is 11.5 Å². The third kappa shape index (κ3) is 4.45. The molecule has 3 heterocycles. The van der Waals surface area contributed by atoms with E-state index in [1.807, 2.05) is 6.07 Å². The van der Waals surface area contributed by atoms with Crippen molar-refractivity contribution in [3.8, 4) is 11.5 Å². The number of piperidine rings is 1. The van der Waals surface area contributed by atoms with Gasteiger partial charge in [-0.25, -0.2) is 0 Å². The highest BCUT2D eigenvalue weighted by Crippen LogP contribution is 2.32. The maximum absolute atomic E-state index is 13.0. The molecular weight excluding hydrogens is 370 g/mol. The predicted molar refractivity (Wildman–Crippen MR) is 111 cm³/mol. The third-order valence-electron chi connectivity index (χ3n) is 5.46. The van der Waals surface area contributed by atoms with Gasteiger partial charge >= 0.3 is 0 Å². The summed E-state index contributed by atoms with van der Waals surface area (Å²) in [7, 11) is 0. The van der Waals surface area contributed by atoms with Gasteiger partial charge in [-0.05, 0) is 62.5 Å². The molecule has 2 aromatic rings. The summed E-state index contributed by atoms with van der Waals surface area (Å²) in [6, 6.07) is 7.11. The molecular formula is C22H27N3O4. The highest BCUT2D eigenvalue weighted by molar-refractivity contribution is 6.05. The van der Waals surface area contributed by atoms with E-state index < -0.39 is 5.91 Å². The van der Waals surface area contributed by atoms with E-state index in [0.29, 0.717) is 48.4 Å². The molecule has 7 heteroatoms. The Morgan fingerprint density at radius 3 is 2.83 bits per heavy atom. The second-order valence-electron chi connectivity index (χ2n) is 7.71. The topological polar surface area (TPSA) is 81.6 Å². The third-order valence-corrected chi connectivity index (χ3v) is 5.46. The van der Waals surface area contributed by atoms with Crippen molar-refractivity contribution in [2.75, 3.05) is 31.6 Å². The van der Waals surface area contributed by atoms with E-state index in [1.54, 1.807) is 35.9 Å². The Hall–Kier alpha value is -2.80. The molecule has 2 aliphatic rings. The van der Waals surface area contributed by atoms with E-state index in [2.05, 4.69) is 10.6 Å². The van der Waals surface area contributed by atoms with Crippen molar-refractivity contribution in [2.45, 2.75) is 32.7 Å². The molecule has 4 rings (SSSR count). The first kappa shape index (κ1) is 19.5. The molecule has 0 saturated carbocycles. The highest BCUT2D eigenvalue weighted by Gasteiger charge is 2.20. The number of hydrogen-bond acceptors (Lipinski definition) is 5. The lowest BCUT2D eigenvalue weighted by Crippen LogP contribution is -2.36. The Balaban J connectivity index is 1.54. The number of nitrogens with zero attached hydrogens (tertiary/aromatic N) is 1. The molecule has 0 aliphatic carbocycles. The largest absolute Gasteiger partial charge is 0.490 e. The van der Waals surface area contributed by atoms with Gasteiger partial charge in [-0.15, -0.1) is 0 Å². The van der Waals surface area contributed by atoms with Crippen molar-refractivity contribution in [3.63, 3.8) is 0 Å². The van der Waals surface area contributed by atoms with E-state index in [0.717, 1.165) is 32.4 Å². The second-order valence-corrected chi connectivity index (χ2v) is 7.71. The van der Waals surface area contributed by atoms with E-state index in [4.69, 9.17) is 9.47 Å². The summed E-state index contributed by atoms with van der Waals surface area (Å²) in [5, 5.41) is 6.21. The van der Waals surface area contributed by atoms with E-state index >= 15 is 0 Å². The van der Waals surface area contributed by atoms with Crippen LogP contribution in [0, 0.1) is 12.8 Å². The SMILES string of the molecule is Cc1ccn(CC2CCCNC2)c(=O)c1C(=O)Nc1ccc2c(c1)OCCCO2. The molecule has 1 amide bonds. The number of pyridine rings is 1.